The van der Waals surface area contributed by atoms with E-state index in [9.17, 15) is 9.59 Å². The number of Topliss-reactive ketones (excluding diaryl/α,β-unsaturated/α-hetero) is 1. The van der Waals surface area contributed by atoms with Crippen LogP contribution in [0.1, 0.15) is 16.8 Å². The molecule has 2 unspecified atom stereocenters. The topological polar surface area (TPSA) is 52.6 Å². The molecule has 1 aliphatic heterocycles. The number of carbonyl (C=O) groups is 2. The maximum atomic E-state index is 12.2. The van der Waals surface area contributed by atoms with E-state index in [0.29, 0.717) is 12.0 Å². The number of hydrogen-bond donors (Lipinski definition) is 0. The van der Waals surface area contributed by atoms with E-state index in [1.165, 1.54) is 0 Å². The number of carbonyl (C=O) groups excluding carboxylic acids is 2. The van der Waals surface area contributed by atoms with E-state index in [1.807, 2.05) is 6.07 Å². The van der Waals surface area contributed by atoms with E-state index in [0.717, 1.165) is 0 Å². The molecular weight excluding hydrogens is 244 g/mol. The van der Waals surface area contributed by atoms with E-state index in [2.05, 4.69) is 5.92 Å². The number of ether oxygens (including phenoxy) is 2. The standard InChI is InChI=1S/C15H14O4/c1-2-8-18-10-12-9-13(15(17)19-12)14(16)11-6-4-3-5-7-11/h1,3-7,12-13H,8-10H2. The van der Waals surface area contributed by atoms with Crippen LogP contribution in [0.25, 0.3) is 0 Å². The van der Waals surface area contributed by atoms with Gasteiger partial charge in [0.15, 0.2) is 5.78 Å². The molecule has 19 heavy (non-hydrogen) atoms. The van der Waals surface area contributed by atoms with Crippen molar-refractivity contribution in [2.75, 3.05) is 13.2 Å². The van der Waals surface area contributed by atoms with Gasteiger partial charge >= 0.3 is 5.97 Å². The normalized spacial score (nSPS) is 21.7. The number of benzene rings is 1. The van der Waals surface area contributed by atoms with Gasteiger partial charge in [-0.15, -0.1) is 6.42 Å². The number of esters is 1. The van der Waals surface area contributed by atoms with Gasteiger partial charge in [-0.05, 0) is 0 Å². The van der Waals surface area contributed by atoms with Crippen LogP contribution in [-0.2, 0) is 14.3 Å². The zero-order chi connectivity index (χ0) is 13.7. The van der Waals surface area contributed by atoms with Crippen LogP contribution in [0, 0.1) is 18.3 Å². The summed E-state index contributed by atoms with van der Waals surface area (Å²) in [6.45, 7) is 0.403. The number of hydrogen-bond acceptors (Lipinski definition) is 4. The summed E-state index contributed by atoms with van der Waals surface area (Å²) in [7, 11) is 0. The Morgan fingerprint density at radius 2 is 2.16 bits per heavy atom. The average Bonchev–Trinajstić information content (AvgIpc) is 2.80. The lowest BCUT2D eigenvalue weighted by Crippen LogP contribution is -2.19. The molecule has 0 radical (unpaired) electrons. The first-order valence-corrected chi connectivity index (χ1v) is 6.03. The summed E-state index contributed by atoms with van der Waals surface area (Å²) in [5.74, 6) is 0.912. The SMILES string of the molecule is C#CCOCC1CC(C(=O)c2ccccc2)C(=O)O1. The Hall–Kier alpha value is -2.12. The lowest BCUT2D eigenvalue weighted by molar-refractivity contribution is -0.144. The highest BCUT2D eigenvalue weighted by Crippen LogP contribution is 2.25. The van der Waals surface area contributed by atoms with Gasteiger partial charge in [0.05, 0.1) is 6.61 Å². The predicted octanol–water partition coefficient (Wildman–Crippen LogP) is 1.45. The van der Waals surface area contributed by atoms with Gasteiger partial charge in [0.2, 0.25) is 0 Å². The largest absolute Gasteiger partial charge is 0.459 e. The summed E-state index contributed by atoms with van der Waals surface area (Å²) < 4.78 is 10.2. The van der Waals surface area contributed by atoms with Gasteiger partial charge in [-0.2, -0.15) is 0 Å². The van der Waals surface area contributed by atoms with Crippen LogP contribution in [0.15, 0.2) is 30.3 Å². The zero-order valence-electron chi connectivity index (χ0n) is 10.4. The maximum absolute atomic E-state index is 12.2. The Bertz CT molecular complexity index is 501. The molecule has 98 valence electrons. The minimum absolute atomic E-state index is 0.172. The third-order valence-corrected chi connectivity index (χ3v) is 2.93. The summed E-state index contributed by atoms with van der Waals surface area (Å²) in [5.41, 5.74) is 0.523. The fourth-order valence-corrected chi connectivity index (χ4v) is 2.02. The molecule has 2 rings (SSSR count). The van der Waals surface area contributed by atoms with Crippen molar-refractivity contribution in [3.8, 4) is 12.3 Å². The van der Waals surface area contributed by atoms with Crippen LogP contribution in [0.4, 0.5) is 0 Å². The number of rotatable bonds is 5. The molecule has 0 aliphatic carbocycles. The fourth-order valence-electron chi connectivity index (χ4n) is 2.02. The van der Waals surface area contributed by atoms with Crippen molar-refractivity contribution in [3.05, 3.63) is 35.9 Å². The Morgan fingerprint density at radius 1 is 1.42 bits per heavy atom. The monoisotopic (exact) mass is 258 g/mol. The van der Waals surface area contributed by atoms with E-state index in [1.54, 1.807) is 24.3 Å². The van der Waals surface area contributed by atoms with Crippen molar-refractivity contribution < 1.29 is 19.1 Å². The molecule has 0 bridgehead atoms. The summed E-state index contributed by atoms with van der Waals surface area (Å²) in [5, 5.41) is 0. The first kappa shape index (κ1) is 13.3. The van der Waals surface area contributed by atoms with Crippen LogP contribution in [0.5, 0.6) is 0 Å². The molecule has 4 nitrogen and oxygen atoms in total. The van der Waals surface area contributed by atoms with Gasteiger partial charge < -0.3 is 9.47 Å². The van der Waals surface area contributed by atoms with Crippen LogP contribution in [0.3, 0.4) is 0 Å². The second-order valence-electron chi connectivity index (χ2n) is 4.30. The Morgan fingerprint density at radius 3 is 2.84 bits per heavy atom. The van der Waals surface area contributed by atoms with E-state index >= 15 is 0 Å². The van der Waals surface area contributed by atoms with Crippen molar-refractivity contribution in [3.63, 3.8) is 0 Å². The average molecular weight is 258 g/mol. The molecule has 1 fully saturated rings. The highest BCUT2D eigenvalue weighted by atomic mass is 16.6. The maximum Gasteiger partial charge on any atom is 0.317 e. The van der Waals surface area contributed by atoms with Gasteiger partial charge in [0.25, 0.3) is 0 Å². The highest BCUT2D eigenvalue weighted by molar-refractivity contribution is 6.09. The third-order valence-electron chi connectivity index (χ3n) is 2.93. The van der Waals surface area contributed by atoms with Crippen molar-refractivity contribution in [1.82, 2.24) is 0 Å². The molecular formula is C15H14O4. The minimum Gasteiger partial charge on any atom is -0.459 e. The van der Waals surface area contributed by atoms with Gasteiger partial charge in [0.1, 0.15) is 18.6 Å². The van der Waals surface area contributed by atoms with Crippen LogP contribution >= 0.6 is 0 Å². The van der Waals surface area contributed by atoms with Gasteiger partial charge in [-0.3, -0.25) is 9.59 Å². The molecule has 0 N–H and O–H groups in total. The molecule has 1 aromatic rings. The zero-order valence-corrected chi connectivity index (χ0v) is 10.4. The molecule has 1 saturated heterocycles. The highest BCUT2D eigenvalue weighted by Gasteiger charge is 2.39. The van der Waals surface area contributed by atoms with Gasteiger partial charge in [-0.1, -0.05) is 36.3 Å². The minimum atomic E-state index is -0.734. The van der Waals surface area contributed by atoms with Crippen LogP contribution in [0.2, 0.25) is 0 Å². The van der Waals surface area contributed by atoms with E-state index in [4.69, 9.17) is 15.9 Å². The first-order chi connectivity index (χ1) is 9.22. The molecule has 2 atom stereocenters. The Labute approximate surface area is 111 Å². The second kappa shape index (κ2) is 6.17. The van der Waals surface area contributed by atoms with Crippen LogP contribution < -0.4 is 0 Å². The molecule has 0 aromatic heterocycles. The third kappa shape index (κ3) is 3.21. The van der Waals surface area contributed by atoms with Crippen molar-refractivity contribution in [2.24, 2.45) is 5.92 Å². The van der Waals surface area contributed by atoms with Crippen molar-refractivity contribution in [1.29, 1.82) is 0 Å². The van der Waals surface area contributed by atoms with Gasteiger partial charge in [0, 0.05) is 12.0 Å². The van der Waals surface area contributed by atoms with Crippen molar-refractivity contribution in [2.45, 2.75) is 12.5 Å². The molecule has 4 heteroatoms. The summed E-state index contributed by atoms with van der Waals surface area (Å²) in [6.07, 6.45) is 5.01. The van der Waals surface area contributed by atoms with E-state index < -0.39 is 18.0 Å². The summed E-state index contributed by atoms with van der Waals surface area (Å²) >= 11 is 0. The summed E-state index contributed by atoms with van der Waals surface area (Å²) in [4.78, 5) is 23.9. The molecule has 1 heterocycles. The number of cyclic esters (lactones) is 1. The Balaban J connectivity index is 1.97. The number of ketones is 1. The predicted molar refractivity (Wildman–Crippen MR) is 68.4 cm³/mol. The molecule has 0 spiro atoms. The van der Waals surface area contributed by atoms with Gasteiger partial charge in [-0.25, -0.2) is 0 Å². The van der Waals surface area contributed by atoms with E-state index in [-0.39, 0.29) is 19.0 Å². The fraction of sp³-hybridized carbons (Fsp3) is 0.333. The molecule has 1 aliphatic rings. The molecule has 0 amide bonds. The summed E-state index contributed by atoms with van der Waals surface area (Å²) in [6, 6.07) is 8.73. The van der Waals surface area contributed by atoms with Crippen molar-refractivity contribution >= 4 is 11.8 Å². The van der Waals surface area contributed by atoms with Crippen LogP contribution in [-0.4, -0.2) is 31.1 Å². The lowest BCUT2D eigenvalue weighted by Gasteiger charge is -2.07. The molecule has 0 saturated carbocycles. The molecule has 1 aromatic carbocycles. The smallest absolute Gasteiger partial charge is 0.317 e. The number of terminal acetylenes is 1. The quantitative estimate of drug-likeness (QED) is 0.264. The second-order valence-corrected chi connectivity index (χ2v) is 4.30. The first-order valence-electron chi connectivity index (χ1n) is 6.03. The Kier molecular flexibility index (Phi) is 4.32. The lowest BCUT2D eigenvalue weighted by atomic mass is 9.95.